The van der Waals surface area contributed by atoms with E-state index in [4.69, 9.17) is 9.47 Å². The van der Waals surface area contributed by atoms with Gasteiger partial charge in [-0.25, -0.2) is 0 Å². The molecular weight excluding hydrogens is 264 g/mol. The van der Waals surface area contributed by atoms with Gasteiger partial charge in [0.15, 0.2) is 0 Å². The van der Waals surface area contributed by atoms with Gasteiger partial charge >= 0.3 is 11.9 Å². The van der Waals surface area contributed by atoms with Crippen molar-refractivity contribution in [3.63, 3.8) is 0 Å². The van der Waals surface area contributed by atoms with Gasteiger partial charge in [-0.05, 0) is 37.8 Å². The van der Waals surface area contributed by atoms with Gasteiger partial charge in [0.05, 0.1) is 26.1 Å². The second-order valence-corrected chi connectivity index (χ2v) is 5.13. The maximum atomic E-state index is 11.6. The molecule has 0 fully saturated rings. The van der Waals surface area contributed by atoms with E-state index >= 15 is 0 Å². The predicted octanol–water partition coefficient (Wildman–Crippen LogP) is 3.05. The fourth-order valence-corrected chi connectivity index (χ4v) is 2.93. The number of esters is 2. The Morgan fingerprint density at radius 2 is 1.68 bits per heavy atom. The van der Waals surface area contributed by atoms with Gasteiger partial charge in [-0.2, -0.15) is 0 Å². The summed E-state index contributed by atoms with van der Waals surface area (Å²) < 4.78 is 9.93. The minimum atomic E-state index is -0.274. The summed E-state index contributed by atoms with van der Waals surface area (Å²) in [5.41, 5.74) is 1.10. The lowest BCUT2D eigenvalue weighted by Gasteiger charge is -2.15. The highest BCUT2D eigenvalue weighted by molar-refractivity contribution is 7.10. The summed E-state index contributed by atoms with van der Waals surface area (Å²) in [6.45, 7) is 6.24. The van der Waals surface area contributed by atoms with Gasteiger partial charge in [-0.15, -0.1) is 11.3 Å². The van der Waals surface area contributed by atoms with Gasteiger partial charge in [-0.3, -0.25) is 9.59 Å². The highest BCUT2D eigenvalue weighted by Gasteiger charge is 2.23. The monoisotopic (exact) mass is 284 g/mol. The van der Waals surface area contributed by atoms with E-state index in [1.165, 1.54) is 0 Å². The van der Waals surface area contributed by atoms with E-state index in [0.29, 0.717) is 13.2 Å². The smallest absolute Gasteiger partial charge is 0.306 e. The number of thiophene rings is 1. The molecule has 0 aliphatic heterocycles. The van der Waals surface area contributed by atoms with Crippen molar-refractivity contribution in [2.75, 3.05) is 13.2 Å². The van der Waals surface area contributed by atoms with Gasteiger partial charge in [0.2, 0.25) is 0 Å². The fourth-order valence-electron chi connectivity index (χ4n) is 1.90. The van der Waals surface area contributed by atoms with E-state index in [1.807, 2.05) is 18.4 Å². The number of aryl methyl sites for hydroxylation is 1. The molecule has 0 saturated carbocycles. The van der Waals surface area contributed by atoms with Crippen LogP contribution in [-0.2, 0) is 19.1 Å². The number of hydrogen-bond acceptors (Lipinski definition) is 5. The second-order valence-electron chi connectivity index (χ2n) is 4.18. The molecule has 106 valence electrons. The van der Waals surface area contributed by atoms with Gasteiger partial charge in [0.25, 0.3) is 0 Å². The molecule has 4 nitrogen and oxygen atoms in total. The molecular formula is C14H20O4S. The Bertz CT molecular complexity index is 405. The molecule has 1 aromatic heterocycles. The topological polar surface area (TPSA) is 52.6 Å². The summed E-state index contributed by atoms with van der Waals surface area (Å²) in [5, 5.41) is 1.97. The summed E-state index contributed by atoms with van der Waals surface area (Å²) in [4.78, 5) is 24.3. The molecule has 5 heteroatoms. The maximum Gasteiger partial charge on any atom is 0.306 e. The molecule has 0 aliphatic rings. The van der Waals surface area contributed by atoms with Crippen LogP contribution in [0.5, 0.6) is 0 Å². The zero-order chi connectivity index (χ0) is 14.3. The third-order valence-electron chi connectivity index (χ3n) is 2.71. The average Bonchev–Trinajstić information content (AvgIpc) is 2.75. The van der Waals surface area contributed by atoms with Crippen LogP contribution in [0.25, 0.3) is 0 Å². The van der Waals surface area contributed by atoms with Crippen molar-refractivity contribution in [2.24, 2.45) is 0 Å². The molecule has 0 saturated heterocycles. The quantitative estimate of drug-likeness (QED) is 0.722. The average molecular weight is 284 g/mol. The molecule has 0 amide bonds. The molecule has 0 radical (unpaired) electrons. The summed E-state index contributed by atoms with van der Waals surface area (Å²) in [5.74, 6) is -0.702. The largest absolute Gasteiger partial charge is 0.466 e. The van der Waals surface area contributed by atoms with E-state index in [0.717, 1.165) is 10.4 Å². The molecule has 0 aromatic carbocycles. The lowest BCUT2D eigenvalue weighted by atomic mass is 9.97. The Morgan fingerprint density at radius 3 is 2.05 bits per heavy atom. The third-order valence-corrected chi connectivity index (χ3v) is 3.89. The molecule has 0 unspecified atom stereocenters. The van der Waals surface area contributed by atoms with E-state index in [2.05, 4.69) is 0 Å². The van der Waals surface area contributed by atoms with Crippen LogP contribution in [0.1, 0.15) is 43.0 Å². The molecule has 1 aromatic rings. The highest BCUT2D eigenvalue weighted by Crippen LogP contribution is 2.31. The zero-order valence-corrected chi connectivity index (χ0v) is 12.4. The molecule has 0 bridgehead atoms. The van der Waals surface area contributed by atoms with Crippen molar-refractivity contribution in [3.05, 3.63) is 21.9 Å². The number of ether oxygens (including phenoxy) is 2. The van der Waals surface area contributed by atoms with Crippen LogP contribution < -0.4 is 0 Å². The van der Waals surface area contributed by atoms with Crippen LogP contribution in [0.3, 0.4) is 0 Å². The maximum absolute atomic E-state index is 11.6. The van der Waals surface area contributed by atoms with Crippen LogP contribution in [0.2, 0.25) is 0 Å². The van der Waals surface area contributed by atoms with E-state index in [1.54, 1.807) is 25.2 Å². The molecule has 1 heterocycles. The van der Waals surface area contributed by atoms with Crippen LogP contribution in [-0.4, -0.2) is 25.2 Å². The Labute approximate surface area is 117 Å². The Morgan fingerprint density at radius 1 is 1.16 bits per heavy atom. The second kappa shape index (κ2) is 7.94. The Kier molecular flexibility index (Phi) is 6.56. The van der Waals surface area contributed by atoms with Crippen molar-refractivity contribution in [1.82, 2.24) is 0 Å². The Balaban J connectivity index is 2.76. The summed E-state index contributed by atoms with van der Waals surface area (Å²) >= 11 is 1.56. The summed E-state index contributed by atoms with van der Waals surface area (Å²) in [6.07, 6.45) is 0.433. The van der Waals surface area contributed by atoms with Crippen molar-refractivity contribution in [3.8, 4) is 0 Å². The third kappa shape index (κ3) is 5.03. The van der Waals surface area contributed by atoms with Crippen LogP contribution in [0.4, 0.5) is 0 Å². The first-order chi connectivity index (χ1) is 9.08. The van der Waals surface area contributed by atoms with Crippen molar-refractivity contribution in [2.45, 2.75) is 39.5 Å². The standard InChI is InChI=1S/C14H20O4S/c1-4-17-12(15)8-11(9-13(16)18-5-2)14-10(3)6-7-19-14/h6-7,11H,4-5,8-9H2,1-3H3. The van der Waals surface area contributed by atoms with Crippen LogP contribution >= 0.6 is 11.3 Å². The molecule has 1 rings (SSSR count). The molecule has 19 heavy (non-hydrogen) atoms. The van der Waals surface area contributed by atoms with Gasteiger partial charge in [0, 0.05) is 10.8 Å². The first-order valence-electron chi connectivity index (χ1n) is 6.43. The van der Waals surface area contributed by atoms with Gasteiger partial charge in [-0.1, -0.05) is 0 Å². The molecule has 0 aliphatic carbocycles. The fraction of sp³-hybridized carbons (Fsp3) is 0.571. The number of carbonyl (C=O) groups is 2. The molecule has 0 atom stereocenters. The Hall–Kier alpha value is -1.36. The minimum Gasteiger partial charge on any atom is -0.466 e. The lowest BCUT2D eigenvalue weighted by Crippen LogP contribution is -2.15. The predicted molar refractivity (Wildman–Crippen MR) is 74.3 cm³/mol. The molecule has 0 spiro atoms. The van der Waals surface area contributed by atoms with Gasteiger partial charge in [0.1, 0.15) is 0 Å². The number of carbonyl (C=O) groups excluding carboxylic acids is 2. The summed E-state index contributed by atoms with van der Waals surface area (Å²) in [7, 11) is 0. The first-order valence-corrected chi connectivity index (χ1v) is 7.31. The SMILES string of the molecule is CCOC(=O)CC(CC(=O)OCC)c1sccc1C. The number of rotatable bonds is 7. The van der Waals surface area contributed by atoms with E-state index in [9.17, 15) is 9.59 Å². The van der Waals surface area contributed by atoms with Crippen LogP contribution in [0.15, 0.2) is 11.4 Å². The normalized spacial score (nSPS) is 10.5. The van der Waals surface area contributed by atoms with Crippen molar-refractivity contribution < 1.29 is 19.1 Å². The minimum absolute atomic E-state index is 0.155. The van der Waals surface area contributed by atoms with Gasteiger partial charge < -0.3 is 9.47 Å². The van der Waals surface area contributed by atoms with Crippen LogP contribution in [0, 0.1) is 6.92 Å². The zero-order valence-electron chi connectivity index (χ0n) is 11.6. The van der Waals surface area contributed by atoms with E-state index < -0.39 is 0 Å². The lowest BCUT2D eigenvalue weighted by molar-refractivity contribution is -0.145. The highest BCUT2D eigenvalue weighted by atomic mass is 32.1. The first kappa shape index (κ1) is 15.7. The van der Waals surface area contributed by atoms with Crippen molar-refractivity contribution >= 4 is 23.3 Å². The molecule has 0 N–H and O–H groups in total. The van der Waals surface area contributed by atoms with E-state index in [-0.39, 0.29) is 30.7 Å². The number of hydrogen-bond donors (Lipinski definition) is 0. The van der Waals surface area contributed by atoms with Crippen molar-refractivity contribution in [1.29, 1.82) is 0 Å². The summed E-state index contributed by atoms with van der Waals surface area (Å²) in [6, 6.07) is 1.99.